The number of hydrogen-bond donors (Lipinski definition) is 2. The number of nitrogens with one attached hydrogen (secondary N) is 2. The Labute approximate surface area is 126 Å². The molecule has 0 unspecified atom stereocenters. The molecule has 2 N–H and O–H groups in total. The Bertz CT molecular complexity index is 675. The van der Waals surface area contributed by atoms with E-state index in [1.54, 1.807) is 12.5 Å². The molecule has 0 saturated carbocycles. The number of benzene rings is 1. The molecule has 1 aliphatic heterocycles. The predicted molar refractivity (Wildman–Crippen MR) is 77.6 cm³/mol. The molecule has 0 saturated heterocycles. The lowest BCUT2D eigenvalue weighted by Crippen LogP contribution is -2.32. The second-order valence-corrected chi connectivity index (χ2v) is 4.75. The van der Waals surface area contributed by atoms with Crippen molar-refractivity contribution in [1.29, 1.82) is 0 Å². The van der Waals surface area contributed by atoms with Gasteiger partial charge in [0.2, 0.25) is 0 Å². The first-order valence-corrected chi connectivity index (χ1v) is 6.71. The van der Waals surface area contributed by atoms with Gasteiger partial charge in [0, 0.05) is 12.3 Å². The van der Waals surface area contributed by atoms with E-state index >= 15 is 0 Å². The molecule has 0 aliphatic carbocycles. The first-order chi connectivity index (χ1) is 10.7. The van der Waals surface area contributed by atoms with E-state index in [2.05, 4.69) is 20.0 Å². The molecule has 0 bridgehead atoms. The van der Waals surface area contributed by atoms with Gasteiger partial charge in [-0.1, -0.05) is 0 Å². The molecule has 1 amide bonds. The zero-order valence-corrected chi connectivity index (χ0v) is 11.9. The average molecular weight is 306 g/mol. The molecular formula is C14H15FN4O3. The number of rotatable bonds is 3. The van der Waals surface area contributed by atoms with Crippen molar-refractivity contribution >= 4 is 17.5 Å². The van der Waals surface area contributed by atoms with Gasteiger partial charge in [-0.15, -0.1) is 0 Å². The van der Waals surface area contributed by atoms with Crippen LogP contribution in [-0.2, 0) is 11.3 Å². The first kappa shape index (κ1) is 14.2. The molecular weight excluding hydrogens is 291 g/mol. The highest BCUT2D eigenvalue weighted by Gasteiger charge is 2.22. The summed E-state index contributed by atoms with van der Waals surface area (Å²) in [6.07, 6.45) is 2.67. The van der Waals surface area contributed by atoms with E-state index in [4.69, 9.17) is 4.74 Å². The van der Waals surface area contributed by atoms with Crippen molar-refractivity contribution in [2.45, 2.75) is 6.54 Å². The Morgan fingerprint density at radius 3 is 3.18 bits per heavy atom. The van der Waals surface area contributed by atoms with Gasteiger partial charge >= 0.3 is 6.09 Å². The van der Waals surface area contributed by atoms with Gasteiger partial charge in [0.1, 0.15) is 12.4 Å². The van der Waals surface area contributed by atoms with Crippen LogP contribution in [0.2, 0.25) is 0 Å². The Balaban J connectivity index is 1.90. The number of aromatic amines is 1. The van der Waals surface area contributed by atoms with Crippen molar-refractivity contribution in [3.8, 4) is 5.75 Å². The van der Waals surface area contributed by atoms with Crippen LogP contribution in [0.25, 0.3) is 0 Å². The second kappa shape index (κ2) is 5.92. The summed E-state index contributed by atoms with van der Waals surface area (Å²) in [4.78, 5) is 20.4. The van der Waals surface area contributed by atoms with Crippen molar-refractivity contribution in [2.75, 3.05) is 30.5 Å². The first-order valence-electron chi connectivity index (χ1n) is 6.71. The van der Waals surface area contributed by atoms with E-state index < -0.39 is 11.9 Å². The predicted octanol–water partition coefficient (Wildman–Crippen LogP) is 2.13. The number of methoxy groups -OCH3 is 1. The lowest BCUT2D eigenvalue weighted by atomic mass is 10.2. The van der Waals surface area contributed by atoms with Crippen molar-refractivity contribution in [1.82, 2.24) is 9.97 Å². The monoisotopic (exact) mass is 306 g/mol. The lowest BCUT2D eigenvalue weighted by molar-refractivity contribution is 0.186. The Morgan fingerprint density at radius 1 is 1.59 bits per heavy atom. The van der Waals surface area contributed by atoms with Crippen LogP contribution in [0.3, 0.4) is 0 Å². The summed E-state index contributed by atoms with van der Waals surface area (Å²) in [5.74, 6) is -0.138. The van der Waals surface area contributed by atoms with E-state index in [-0.39, 0.29) is 5.69 Å². The number of fused-ring (bicyclic) bond motifs is 1. The van der Waals surface area contributed by atoms with E-state index in [9.17, 15) is 9.18 Å². The third kappa shape index (κ3) is 2.80. The van der Waals surface area contributed by atoms with Crippen LogP contribution in [0.5, 0.6) is 5.75 Å². The number of hydrogen-bond acceptors (Lipinski definition) is 5. The van der Waals surface area contributed by atoms with Crippen LogP contribution < -0.4 is 15.0 Å². The van der Waals surface area contributed by atoms with Crippen LogP contribution in [0, 0.1) is 5.82 Å². The van der Waals surface area contributed by atoms with Gasteiger partial charge in [0.15, 0.2) is 5.82 Å². The molecule has 2 aromatic rings. The van der Waals surface area contributed by atoms with Crippen LogP contribution in [0.4, 0.5) is 20.6 Å². The van der Waals surface area contributed by atoms with Crippen molar-refractivity contribution < 1.29 is 18.7 Å². The number of amides is 1. The number of carbonyl (C=O) groups is 1. The van der Waals surface area contributed by atoms with Gasteiger partial charge in [0.05, 0.1) is 43.6 Å². The molecule has 1 aromatic heterocycles. The fraction of sp³-hybridized carbons (Fsp3) is 0.286. The van der Waals surface area contributed by atoms with Crippen molar-refractivity contribution in [2.24, 2.45) is 0 Å². The van der Waals surface area contributed by atoms with E-state index in [1.165, 1.54) is 19.2 Å². The fourth-order valence-electron chi connectivity index (χ4n) is 2.29. The molecule has 0 atom stereocenters. The normalized spacial score (nSPS) is 13.3. The minimum absolute atomic E-state index is 0.0446. The third-order valence-electron chi connectivity index (χ3n) is 3.34. The molecule has 1 aliphatic rings. The topological polar surface area (TPSA) is 79.5 Å². The number of aromatic nitrogens is 2. The summed E-state index contributed by atoms with van der Waals surface area (Å²) >= 11 is 0. The highest BCUT2D eigenvalue weighted by molar-refractivity contribution is 5.86. The highest BCUT2D eigenvalue weighted by atomic mass is 19.1. The van der Waals surface area contributed by atoms with E-state index in [0.717, 1.165) is 5.69 Å². The smallest absolute Gasteiger partial charge is 0.411 e. The lowest BCUT2D eigenvalue weighted by Gasteiger charge is -2.31. The minimum Gasteiger partial charge on any atom is -0.489 e. The molecule has 3 rings (SSSR count). The summed E-state index contributed by atoms with van der Waals surface area (Å²) in [6, 6.07) is 2.80. The molecule has 0 fully saturated rings. The number of imidazole rings is 1. The largest absolute Gasteiger partial charge is 0.489 e. The average Bonchev–Trinajstić information content (AvgIpc) is 3.01. The summed E-state index contributed by atoms with van der Waals surface area (Å²) < 4.78 is 24.0. The molecule has 2 heterocycles. The van der Waals surface area contributed by atoms with Crippen LogP contribution in [0.1, 0.15) is 5.69 Å². The Morgan fingerprint density at radius 2 is 2.45 bits per heavy atom. The maximum atomic E-state index is 14.0. The van der Waals surface area contributed by atoms with E-state index in [1.807, 2.05) is 4.90 Å². The quantitative estimate of drug-likeness (QED) is 0.908. The third-order valence-corrected chi connectivity index (χ3v) is 3.34. The van der Waals surface area contributed by atoms with Crippen LogP contribution in [-0.4, -0.2) is 36.3 Å². The number of anilines is 2. The second-order valence-electron chi connectivity index (χ2n) is 4.75. The molecule has 7 nitrogen and oxygen atoms in total. The summed E-state index contributed by atoms with van der Waals surface area (Å²) in [5, 5.41) is 2.35. The maximum Gasteiger partial charge on any atom is 0.411 e. The summed E-state index contributed by atoms with van der Waals surface area (Å²) in [5.41, 5.74) is 1.60. The number of H-pyrrole nitrogens is 1. The van der Waals surface area contributed by atoms with Crippen molar-refractivity contribution in [3.05, 3.63) is 36.2 Å². The van der Waals surface area contributed by atoms with Crippen molar-refractivity contribution in [3.63, 3.8) is 0 Å². The molecule has 1 aromatic carbocycles. The number of nitrogens with zero attached hydrogens (tertiary/aromatic N) is 2. The zero-order chi connectivity index (χ0) is 15.5. The maximum absolute atomic E-state index is 14.0. The standard InChI is InChI=1S/C14H15FN4O3/c1-21-14(20)18-11-5-12-13(4-10(11)15)22-3-2-19(12)7-9-6-16-8-17-9/h4-6,8H,2-3,7H2,1H3,(H,16,17)(H,18,20). The minimum atomic E-state index is -0.727. The molecule has 8 heteroatoms. The number of carbonyl (C=O) groups excluding carboxylic acids is 1. The van der Waals surface area contributed by atoms with Gasteiger partial charge < -0.3 is 19.4 Å². The number of halogens is 1. The fourth-order valence-corrected chi connectivity index (χ4v) is 2.29. The highest BCUT2D eigenvalue weighted by Crippen LogP contribution is 2.36. The molecule has 116 valence electrons. The Hall–Kier alpha value is -2.77. The van der Waals surface area contributed by atoms with Gasteiger partial charge in [-0.3, -0.25) is 5.32 Å². The van der Waals surface area contributed by atoms with Gasteiger partial charge in [-0.2, -0.15) is 0 Å². The Kier molecular flexibility index (Phi) is 3.82. The molecule has 0 spiro atoms. The van der Waals surface area contributed by atoms with Crippen LogP contribution >= 0.6 is 0 Å². The number of ether oxygens (including phenoxy) is 2. The van der Waals surface area contributed by atoms with E-state index in [0.29, 0.717) is 31.1 Å². The summed E-state index contributed by atoms with van der Waals surface area (Å²) in [6.45, 7) is 1.66. The van der Waals surface area contributed by atoms with Gasteiger partial charge in [-0.25, -0.2) is 14.2 Å². The zero-order valence-electron chi connectivity index (χ0n) is 11.9. The molecule has 22 heavy (non-hydrogen) atoms. The summed E-state index contributed by atoms with van der Waals surface area (Å²) in [7, 11) is 1.22. The SMILES string of the molecule is COC(=O)Nc1cc2c(cc1F)OCCN2Cc1c[nH]cn1. The van der Waals surface area contributed by atoms with Gasteiger partial charge in [-0.05, 0) is 6.07 Å². The van der Waals surface area contributed by atoms with Crippen LogP contribution in [0.15, 0.2) is 24.7 Å². The van der Waals surface area contributed by atoms with Gasteiger partial charge in [0.25, 0.3) is 0 Å². The molecule has 0 radical (unpaired) electrons.